The summed E-state index contributed by atoms with van der Waals surface area (Å²) in [6, 6.07) is 9.74. The number of rotatable bonds is 3. The van der Waals surface area contributed by atoms with Crippen molar-refractivity contribution < 1.29 is 23.5 Å². The molecule has 0 N–H and O–H groups in total. The van der Waals surface area contributed by atoms with Crippen LogP contribution in [0, 0.1) is 23.7 Å². The number of esters is 1. The van der Waals surface area contributed by atoms with Crippen LogP contribution in [0.2, 0.25) is 0 Å². The molecule has 2 saturated carbocycles. The monoisotopic (exact) mass is 351 g/mol. The maximum atomic E-state index is 13.0. The first-order chi connectivity index (χ1) is 12.6. The molecule has 2 bridgehead atoms. The van der Waals surface area contributed by atoms with Crippen LogP contribution in [0.15, 0.2) is 47.1 Å². The minimum absolute atomic E-state index is 0.0637. The van der Waals surface area contributed by atoms with E-state index in [2.05, 4.69) is 0 Å². The molecule has 1 aromatic heterocycles. The van der Waals surface area contributed by atoms with Gasteiger partial charge in [0.1, 0.15) is 0 Å². The lowest BCUT2D eigenvalue weighted by Crippen LogP contribution is -2.33. The van der Waals surface area contributed by atoms with E-state index in [1.54, 1.807) is 30.3 Å². The van der Waals surface area contributed by atoms with Gasteiger partial charge < -0.3 is 9.15 Å². The van der Waals surface area contributed by atoms with Crippen molar-refractivity contribution in [2.45, 2.75) is 19.3 Å². The molecule has 26 heavy (non-hydrogen) atoms. The Labute approximate surface area is 149 Å². The Morgan fingerprint density at radius 1 is 1.00 bits per heavy atom. The normalized spacial score (nSPS) is 29.3. The van der Waals surface area contributed by atoms with Gasteiger partial charge in [0.15, 0.2) is 5.75 Å². The van der Waals surface area contributed by atoms with Crippen molar-refractivity contribution >= 4 is 23.5 Å². The highest BCUT2D eigenvalue weighted by Crippen LogP contribution is 2.57. The zero-order valence-electron chi connectivity index (χ0n) is 14.0. The van der Waals surface area contributed by atoms with E-state index in [4.69, 9.17) is 9.15 Å². The highest BCUT2D eigenvalue weighted by Gasteiger charge is 2.61. The van der Waals surface area contributed by atoms with E-state index in [1.807, 2.05) is 0 Å². The Morgan fingerprint density at radius 3 is 2.35 bits per heavy atom. The molecule has 3 fully saturated rings. The third-order valence-electron chi connectivity index (χ3n) is 5.96. The van der Waals surface area contributed by atoms with Crippen molar-refractivity contribution in [3.63, 3.8) is 0 Å². The molecule has 6 heteroatoms. The number of hydrogen-bond acceptors (Lipinski definition) is 5. The fourth-order valence-electron chi connectivity index (χ4n) is 4.92. The van der Waals surface area contributed by atoms with Crippen molar-refractivity contribution in [1.29, 1.82) is 0 Å². The summed E-state index contributed by atoms with van der Waals surface area (Å²) in [4.78, 5) is 39.4. The van der Waals surface area contributed by atoms with Crippen LogP contribution in [0.4, 0.5) is 5.69 Å². The molecule has 5 rings (SSSR count). The Morgan fingerprint density at radius 2 is 1.69 bits per heavy atom. The quantitative estimate of drug-likeness (QED) is 0.483. The lowest BCUT2D eigenvalue weighted by atomic mass is 9.81. The first-order valence-electron chi connectivity index (χ1n) is 8.87. The van der Waals surface area contributed by atoms with Crippen LogP contribution >= 0.6 is 0 Å². The van der Waals surface area contributed by atoms with Crippen molar-refractivity contribution in [3.8, 4) is 5.75 Å². The average molecular weight is 351 g/mol. The molecule has 3 aliphatic rings. The van der Waals surface area contributed by atoms with Crippen LogP contribution in [0.5, 0.6) is 5.75 Å². The van der Waals surface area contributed by atoms with Crippen LogP contribution in [0.1, 0.15) is 29.8 Å². The first kappa shape index (κ1) is 15.4. The maximum absolute atomic E-state index is 13.0. The van der Waals surface area contributed by atoms with Crippen molar-refractivity contribution in [1.82, 2.24) is 0 Å². The van der Waals surface area contributed by atoms with Crippen molar-refractivity contribution in [3.05, 3.63) is 48.4 Å². The Hall–Kier alpha value is -2.89. The van der Waals surface area contributed by atoms with Crippen LogP contribution < -0.4 is 9.64 Å². The minimum atomic E-state index is -0.665. The van der Waals surface area contributed by atoms with Crippen LogP contribution in [-0.4, -0.2) is 17.8 Å². The second-order valence-corrected chi connectivity index (χ2v) is 7.23. The fourth-order valence-corrected chi connectivity index (χ4v) is 4.92. The van der Waals surface area contributed by atoms with Crippen LogP contribution in [0.25, 0.3) is 0 Å². The van der Waals surface area contributed by atoms with Crippen molar-refractivity contribution in [2.24, 2.45) is 23.7 Å². The van der Waals surface area contributed by atoms with Gasteiger partial charge >= 0.3 is 5.97 Å². The summed E-state index contributed by atoms with van der Waals surface area (Å²) in [5, 5.41) is 0. The Balaban J connectivity index is 1.48. The fraction of sp³-hybridized carbons (Fsp3) is 0.350. The largest absolute Gasteiger partial charge is 0.457 e. The van der Waals surface area contributed by atoms with Crippen LogP contribution in [0.3, 0.4) is 0 Å². The van der Waals surface area contributed by atoms with Gasteiger partial charge in [-0.15, -0.1) is 0 Å². The molecule has 2 aromatic rings. The predicted octanol–water partition coefficient (Wildman–Crippen LogP) is 3.03. The van der Waals surface area contributed by atoms with E-state index in [0.29, 0.717) is 17.5 Å². The average Bonchev–Trinajstić information content (AvgIpc) is 3.41. The zero-order chi connectivity index (χ0) is 17.8. The number of furan rings is 1. The number of carbonyl (C=O) groups is 3. The van der Waals surface area contributed by atoms with Gasteiger partial charge in [-0.05, 0) is 55.4 Å². The number of anilines is 1. The van der Waals surface area contributed by atoms with E-state index >= 15 is 0 Å². The number of fused-ring (bicyclic) bond motifs is 5. The maximum Gasteiger partial charge on any atom is 0.379 e. The Bertz CT molecular complexity index is 875. The summed E-state index contributed by atoms with van der Waals surface area (Å²) in [5.41, 5.74) is 0.330. The molecule has 1 aliphatic heterocycles. The number of para-hydroxylation sites is 2. The van der Waals surface area contributed by atoms with E-state index in [-0.39, 0.29) is 35.2 Å². The molecule has 2 heterocycles. The molecule has 6 nitrogen and oxygen atoms in total. The minimum Gasteiger partial charge on any atom is -0.457 e. The summed E-state index contributed by atoms with van der Waals surface area (Å²) in [5.74, 6) is -0.542. The molecular weight excluding hydrogens is 334 g/mol. The topological polar surface area (TPSA) is 76.8 Å². The Kier molecular flexibility index (Phi) is 3.29. The molecule has 1 aromatic carbocycles. The molecule has 1 saturated heterocycles. The lowest BCUT2D eigenvalue weighted by molar-refractivity contribution is -0.123. The third-order valence-corrected chi connectivity index (χ3v) is 5.96. The number of imide groups is 1. The van der Waals surface area contributed by atoms with Crippen LogP contribution in [-0.2, 0) is 9.59 Å². The summed E-state index contributed by atoms with van der Waals surface area (Å²) >= 11 is 0. The lowest BCUT2D eigenvalue weighted by Gasteiger charge is -2.19. The van der Waals surface area contributed by atoms with Gasteiger partial charge in [0.05, 0.1) is 23.8 Å². The number of hydrogen-bond donors (Lipinski definition) is 0. The van der Waals surface area contributed by atoms with Gasteiger partial charge in [0, 0.05) is 0 Å². The molecule has 132 valence electrons. The van der Waals surface area contributed by atoms with E-state index < -0.39 is 5.97 Å². The van der Waals surface area contributed by atoms with Gasteiger partial charge in [-0.2, -0.15) is 0 Å². The van der Waals surface area contributed by atoms with Crippen molar-refractivity contribution in [2.75, 3.05) is 4.90 Å². The molecule has 4 atom stereocenters. The molecule has 0 spiro atoms. The molecule has 2 amide bonds. The van der Waals surface area contributed by atoms with E-state index in [1.165, 1.54) is 17.2 Å². The summed E-state index contributed by atoms with van der Waals surface area (Å²) in [6.45, 7) is 0. The number of ether oxygens (including phenoxy) is 1. The van der Waals surface area contributed by atoms with Gasteiger partial charge in [0.25, 0.3) is 0 Å². The number of amides is 2. The SMILES string of the molecule is O=C(Oc1ccccc1N1C(=O)C2C3CCC(C3)C2C1=O)c1ccco1. The zero-order valence-corrected chi connectivity index (χ0v) is 14.0. The van der Waals surface area contributed by atoms with E-state index in [0.717, 1.165) is 19.3 Å². The summed E-state index contributed by atoms with van der Waals surface area (Å²) in [7, 11) is 0. The summed E-state index contributed by atoms with van der Waals surface area (Å²) in [6.07, 6.45) is 4.41. The summed E-state index contributed by atoms with van der Waals surface area (Å²) < 4.78 is 10.5. The van der Waals surface area contributed by atoms with Gasteiger partial charge in [-0.1, -0.05) is 12.1 Å². The van der Waals surface area contributed by atoms with Gasteiger partial charge in [-0.3, -0.25) is 9.59 Å². The predicted molar refractivity (Wildman–Crippen MR) is 90.4 cm³/mol. The third kappa shape index (κ3) is 2.08. The first-order valence-corrected chi connectivity index (χ1v) is 8.87. The molecule has 4 unspecified atom stereocenters. The standard InChI is InChI=1S/C20H17NO5/c22-18-16-11-7-8-12(10-11)17(16)19(23)21(18)13-4-1-2-5-14(13)26-20(24)15-6-3-9-25-15/h1-6,9,11-12,16-17H,7-8,10H2. The van der Waals surface area contributed by atoms with E-state index in [9.17, 15) is 14.4 Å². The highest BCUT2D eigenvalue weighted by atomic mass is 16.5. The highest BCUT2D eigenvalue weighted by molar-refractivity contribution is 6.23. The number of carbonyl (C=O) groups excluding carboxylic acids is 3. The smallest absolute Gasteiger partial charge is 0.379 e. The molecule has 2 aliphatic carbocycles. The van der Waals surface area contributed by atoms with Gasteiger partial charge in [-0.25, -0.2) is 9.69 Å². The number of benzene rings is 1. The molecular formula is C20H17NO5. The molecule has 0 radical (unpaired) electrons. The number of nitrogens with zero attached hydrogens (tertiary/aromatic N) is 1. The second kappa shape index (κ2) is 5.56. The second-order valence-electron chi connectivity index (χ2n) is 7.23. The van der Waals surface area contributed by atoms with Gasteiger partial charge in [0.2, 0.25) is 17.6 Å².